The van der Waals surface area contributed by atoms with Crippen LogP contribution in [0.2, 0.25) is 0 Å². The van der Waals surface area contributed by atoms with E-state index in [-0.39, 0.29) is 17.1 Å². The minimum absolute atomic E-state index is 0.0724. The van der Waals surface area contributed by atoms with Crippen LogP contribution < -0.4 is 0 Å². The average molecular weight is 290 g/mol. The standard InChI is InChI=1S/C8H18O3S4/c9-15(10)11-6-8(14)7(13)4-2-1-3-5-12/h7-8,12-15H,1-6H2. The Morgan fingerprint density at radius 1 is 1.07 bits per heavy atom. The molecular formula is C8H18O3S4. The van der Waals surface area contributed by atoms with Crippen molar-refractivity contribution in [2.24, 2.45) is 0 Å². The highest BCUT2D eigenvalue weighted by molar-refractivity contribution is 7.85. The Morgan fingerprint density at radius 3 is 2.27 bits per heavy atom. The third-order valence-corrected chi connectivity index (χ3v) is 3.99. The van der Waals surface area contributed by atoms with Gasteiger partial charge in [-0.05, 0) is 18.6 Å². The predicted octanol–water partition coefficient (Wildman–Crippen LogP) is 1.62. The Labute approximate surface area is 110 Å². The molecule has 15 heavy (non-hydrogen) atoms. The van der Waals surface area contributed by atoms with Crippen molar-refractivity contribution < 1.29 is 12.6 Å². The van der Waals surface area contributed by atoms with E-state index < -0.39 is 11.0 Å². The summed E-state index contributed by atoms with van der Waals surface area (Å²) in [6, 6.07) is 0. The minimum atomic E-state index is -2.77. The van der Waals surface area contributed by atoms with Crippen molar-refractivity contribution in [2.75, 3.05) is 12.4 Å². The molecule has 0 aliphatic rings. The van der Waals surface area contributed by atoms with Gasteiger partial charge in [0.1, 0.15) is 0 Å². The number of rotatable bonds is 9. The van der Waals surface area contributed by atoms with Crippen molar-refractivity contribution in [3.63, 3.8) is 0 Å². The van der Waals surface area contributed by atoms with Crippen molar-refractivity contribution in [3.05, 3.63) is 0 Å². The van der Waals surface area contributed by atoms with Crippen molar-refractivity contribution in [3.8, 4) is 0 Å². The van der Waals surface area contributed by atoms with Gasteiger partial charge in [0.25, 0.3) is 11.0 Å². The molecule has 0 aliphatic carbocycles. The van der Waals surface area contributed by atoms with Crippen LogP contribution in [0.1, 0.15) is 25.7 Å². The molecule has 0 aromatic rings. The van der Waals surface area contributed by atoms with Crippen LogP contribution in [0, 0.1) is 0 Å². The molecule has 0 saturated carbocycles. The lowest BCUT2D eigenvalue weighted by molar-refractivity contribution is 0.328. The first-order valence-electron chi connectivity index (χ1n) is 4.82. The van der Waals surface area contributed by atoms with Gasteiger partial charge < -0.3 is 0 Å². The molecule has 0 aliphatic heterocycles. The zero-order chi connectivity index (χ0) is 11.7. The predicted molar refractivity (Wildman–Crippen MR) is 74.1 cm³/mol. The smallest absolute Gasteiger partial charge is 0.257 e. The Balaban J connectivity index is 3.54. The fourth-order valence-corrected chi connectivity index (χ4v) is 2.20. The topological polar surface area (TPSA) is 43.4 Å². The van der Waals surface area contributed by atoms with Crippen LogP contribution in [0.3, 0.4) is 0 Å². The summed E-state index contributed by atoms with van der Waals surface area (Å²) in [5.41, 5.74) is 0. The van der Waals surface area contributed by atoms with Crippen molar-refractivity contribution in [2.45, 2.75) is 36.2 Å². The maximum absolute atomic E-state index is 10.2. The highest BCUT2D eigenvalue weighted by atomic mass is 32.2. The molecule has 0 aromatic carbocycles. The molecule has 0 N–H and O–H groups in total. The zero-order valence-electron chi connectivity index (χ0n) is 8.41. The van der Waals surface area contributed by atoms with Gasteiger partial charge in [0, 0.05) is 10.5 Å². The highest BCUT2D eigenvalue weighted by Gasteiger charge is 2.14. The molecule has 3 nitrogen and oxygen atoms in total. The van der Waals surface area contributed by atoms with Crippen LogP contribution in [-0.4, -0.2) is 31.3 Å². The largest absolute Gasteiger partial charge is 0.271 e. The van der Waals surface area contributed by atoms with Crippen LogP contribution in [0.25, 0.3) is 0 Å². The van der Waals surface area contributed by atoms with E-state index in [0.29, 0.717) is 0 Å². The number of hydrogen-bond donors (Lipinski definition) is 4. The lowest BCUT2D eigenvalue weighted by atomic mass is 10.1. The summed E-state index contributed by atoms with van der Waals surface area (Å²) in [6.07, 6.45) is 4.21. The summed E-state index contributed by atoms with van der Waals surface area (Å²) in [4.78, 5) is 0. The fourth-order valence-electron chi connectivity index (χ4n) is 1.08. The molecule has 0 aromatic heterocycles. The molecule has 2 atom stereocenters. The first-order chi connectivity index (χ1) is 7.07. The van der Waals surface area contributed by atoms with Gasteiger partial charge in [0.05, 0.1) is 6.61 Å². The summed E-state index contributed by atoms with van der Waals surface area (Å²) in [5.74, 6) is 0.904. The van der Waals surface area contributed by atoms with Crippen molar-refractivity contribution >= 4 is 48.9 Å². The first-order valence-corrected chi connectivity index (χ1v) is 7.58. The molecule has 0 radical (unpaired) electrons. The van der Waals surface area contributed by atoms with Crippen LogP contribution in [0.4, 0.5) is 0 Å². The van der Waals surface area contributed by atoms with Gasteiger partial charge in [-0.2, -0.15) is 37.9 Å². The van der Waals surface area contributed by atoms with Gasteiger partial charge in [-0.15, -0.1) is 0 Å². The third-order valence-electron chi connectivity index (χ3n) is 1.95. The van der Waals surface area contributed by atoms with Crippen LogP contribution in [-0.2, 0) is 15.2 Å². The molecule has 2 unspecified atom stereocenters. The van der Waals surface area contributed by atoms with Gasteiger partial charge in [0.2, 0.25) is 0 Å². The van der Waals surface area contributed by atoms with Crippen LogP contribution in [0.5, 0.6) is 0 Å². The number of hydrogen-bond acceptors (Lipinski definition) is 6. The third kappa shape index (κ3) is 9.86. The van der Waals surface area contributed by atoms with E-state index in [0.717, 1.165) is 31.4 Å². The molecule has 0 fully saturated rings. The molecule has 0 heterocycles. The second kappa shape index (κ2) is 10.1. The first kappa shape index (κ1) is 16.0. The van der Waals surface area contributed by atoms with Crippen LogP contribution in [0.15, 0.2) is 0 Å². The van der Waals surface area contributed by atoms with E-state index in [1.807, 2.05) is 0 Å². The lowest BCUT2D eigenvalue weighted by Gasteiger charge is -2.16. The Bertz CT molecular complexity index is 212. The minimum Gasteiger partial charge on any atom is -0.271 e. The summed E-state index contributed by atoms with van der Waals surface area (Å²) < 4.78 is 24.8. The van der Waals surface area contributed by atoms with E-state index in [1.165, 1.54) is 0 Å². The Kier molecular flexibility index (Phi) is 10.8. The molecule has 0 spiro atoms. The number of unbranched alkanes of at least 4 members (excludes halogenated alkanes) is 2. The second-order valence-electron chi connectivity index (χ2n) is 3.23. The SMILES string of the molecule is O=[SH](=O)OCC(S)C(S)CCCCCS. The number of thiol groups is 4. The molecule has 7 heteroatoms. The Hall–Kier alpha value is 0.960. The molecular weight excluding hydrogens is 272 g/mol. The maximum Gasteiger partial charge on any atom is 0.257 e. The lowest BCUT2D eigenvalue weighted by Crippen LogP contribution is -2.21. The average Bonchev–Trinajstić information content (AvgIpc) is 2.20. The Morgan fingerprint density at radius 2 is 1.73 bits per heavy atom. The zero-order valence-corrected chi connectivity index (χ0v) is 12.0. The molecule has 0 amide bonds. The molecule has 92 valence electrons. The van der Waals surface area contributed by atoms with E-state index in [1.54, 1.807) is 0 Å². The summed E-state index contributed by atoms with van der Waals surface area (Å²) in [7, 11) is -2.77. The quantitative estimate of drug-likeness (QED) is 0.385. The van der Waals surface area contributed by atoms with Gasteiger partial charge in [-0.3, -0.25) is 4.18 Å². The van der Waals surface area contributed by atoms with Crippen molar-refractivity contribution in [1.29, 1.82) is 0 Å². The van der Waals surface area contributed by atoms with Gasteiger partial charge in [-0.25, -0.2) is 8.42 Å². The van der Waals surface area contributed by atoms with Crippen LogP contribution >= 0.6 is 37.9 Å². The van der Waals surface area contributed by atoms with E-state index in [4.69, 9.17) is 0 Å². The summed E-state index contributed by atoms with van der Waals surface area (Å²) in [5, 5.41) is -0.0690. The highest BCUT2D eigenvalue weighted by Crippen LogP contribution is 2.17. The van der Waals surface area contributed by atoms with E-state index in [2.05, 4.69) is 42.1 Å². The molecule has 0 bridgehead atoms. The van der Waals surface area contributed by atoms with Gasteiger partial charge >= 0.3 is 0 Å². The second-order valence-corrected chi connectivity index (χ2v) is 5.71. The fraction of sp³-hybridized carbons (Fsp3) is 1.00. The van der Waals surface area contributed by atoms with Crippen molar-refractivity contribution in [1.82, 2.24) is 0 Å². The summed E-state index contributed by atoms with van der Waals surface area (Å²) >= 11 is 12.7. The van der Waals surface area contributed by atoms with Gasteiger partial charge in [0.15, 0.2) is 0 Å². The monoisotopic (exact) mass is 290 g/mol. The molecule has 0 rings (SSSR count). The van der Waals surface area contributed by atoms with Gasteiger partial charge in [-0.1, -0.05) is 12.8 Å². The maximum atomic E-state index is 10.2. The van der Waals surface area contributed by atoms with E-state index in [9.17, 15) is 8.42 Å². The molecule has 0 saturated heterocycles. The summed E-state index contributed by atoms with van der Waals surface area (Å²) in [6.45, 7) is 0.0998. The van der Waals surface area contributed by atoms with E-state index >= 15 is 0 Å². The normalized spacial score (nSPS) is 15.5.